The van der Waals surface area contributed by atoms with Crippen LogP contribution in [0, 0.1) is 0 Å². The number of ether oxygens (including phenoxy) is 1. The number of anilines is 3. The summed E-state index contributed by atoms with van der Waals surface area (Å²) in [4.78, 5) is 26.0. The first-order valence-electron chi connectivity index (χ1n) is 13.9. The van der Waals surface area contributed by atoms with Crippen LogP contribution in [0.15, 0.2) is 91.5 Å². The summed E-state index contributed by atoms with van der Waals surface area (Å²) in [5, 5.41) is 11.7. The molecule has 2 N–H and O–H groups in total. The average Bonchev–Trinajstić information content (AvgIpc) is 3.71. The molecule has 0 atom stereocenters. The van der Waals surface area contributed by atoms with E-state index in [2.05, 4.69) is 66.7 Å². The van der Waals surface area contributed by atoms with Crippen molar-refractivity contribution in [3.8, 4) is 11.3 Å². The smallest absolute Gasteiger partial charge is 0.337 e. The van der Waals surface area contributed by atoms with Crippen molar-refractivity contribution in [2.45, 2.75) is 6.54 Å². The summed E-state index contributed by atoms with van der Waals surface area (Å²) >= 11 is 0. The lowest BCUT2D eigenvalue weighted by Gasteiger charge is -2.36. The van der Waals surface area contributed by atoms with Gasteiger partial charge in [-0.25, -0.2) is 14.8 Å². The Morgan fingerprint density at radius 1 is 1.00 bits per heavy atom. The Morgan fingerprint density at radius 2 is 1.81 bits per heavy atom. The fraction of sp³-hybridized carbons (Fsp3) is 0.188. The van der Waals surface area contributed by atoms with E-state index in [0.29, 0.717) is 11.4 Å². The van der Waals surface area contributed by atoms with Crippen LogP contribution < -0.4 is 10.2 Å². The summed E-state index contributed by atoms with van der Waals surface area (Å²) in [5.74, 6) is 0.391. The van der Waals surface area contributed by atoms with Gasteiger partial charge in [0.25, 0.3) is 0 Å². The van der Waals surface area contributed by atoms with Crippen LogP contribution in [0.2, 0.25) is 0 Å². The molecule has 0 unspecified atom stereocenters. The molecule has 0 radical (unpaired) electrons. The quantitative estimate of drug-likeness (QED) is 0.260. The summed E-state index contributed by atoms with van der Waals surface area (Å²) in [6.07, 6.45) is 7.52. The van der Waals surface area contributed by atoms with Crippen molar-refractivity contribution in [2.75, 3.05) is 43.5 Å². The van der Waals surface area contributed by atoms with Gasteiger partial charge in [-0.05, 0) is 48.0 Å². The summed E-state index contributed by atoms with van der Waals surface area (Å²) in [5.41, 5.74) is 7.49. The molecule has 10 heteroatoms. The Morgan fingerprint density at radius 3 is 2.60 bits per heavy atom. The molecule has 6 aromatic rings. The highest BCUT2D eigenvalue weighted by molar-refractivity contribution is 5.89. The van der Waals surface area contributed by atoms with Gasteiger partial charge in [-0.1, -0.05) is 24.3 Å². The van der Waals surface area contributed by atoms with E-state index in [0.717, 1.165) is 66.2 Å². The van der Waals surface area contributed by atoms with E-state index in [1.54, 1.807) is 6.20 Å². The summed E-state index contributed by atoms with van der Waals surface area (Å²) in [7, 11) is 1.40. The van der Waals surface area contributed by atoms with E-state index >= 15 is 0 Å². The van der Waals surface area contributed by atoms with Gasteiger partial charge in [0, 0.05) is 73.6 Å². The van der Waals surface area contributed by atoms with E-state index in [1.165, 1.54) is 18.4 Å². The van der Waals surface area contributed by atoms with Crippen LogP contribution in [0.3, 0.4) is 0 Å². The first-order chi connectivity index (χ1) is 20.6. The standard InChI is InChI=1S/C32H30N8O2/c1-42-32(41)23-4-2-22(3-5-23)20-38-14-16-39(17-15-38)27-10-8-26(9-11-27)35-30-31-33-12-13-40(31)21-29(36-30)24-6-7-25-19-34-37-28(25)18-24/h2-13,18-19,21H,14-17,20H2,1H3,(H,34,37)(H,35,36). The highest BCUT2D eigenvalue weighted by Crippen LogP contribution is 2.28. The molecule has 0 spiro atoms. The number of nitrogens with zero attached hydrogens (tertiary/aromatic N) is 6. The number of H-pyrrole nitrogens is 1. The fourth-order valence-electron chi connectivity index (χ4n) is 5.43. The van der Waals surface area contributed by atoms with E-state index < -0.39 is 0 Å². The second-order valence-corrected chi connectivity index (χ2v) is 10.4. The number of carbonyl (C=O) groups excluding carboxylic acids is 1. The van der Waals surface area contributed by atoms with E-state index in [-0.39, 0.29) is 5.97 Å². The zero-order valence-electron chi connectivity index (χ0n) is 23.2. The number of fused-ring (bicyclic) bond motifs is 2. The lowest BCUT2D eigenvalue weighted by Crippen LogP contribution is -2.45. The van der Waals surface area contributed by atoms with Crippen LogP contribution in [0.5, 0.6) is 0 Å². The van der Waals surface area contributed by atoms with Crippen molar-refractivity contribution >= 4 is 39.7 Å². The van der Waals surface area contributed by atoms with Crippen LogP contribution in [0.1, 0.15) is 15.9 Å². The second kappa shape index (κ2) is 11.0. The van der Waals surface area contributed by atoms with Crippen LogP contribution >= 0.6 is 0 Å². The Kier molecular flexibility index (Phi) is 6.73. The van der Waals surface area contributed by atoms with E-state index in [1.807, 2.05) is 53.3 Å². The number of carbonyl (C=O) groups is 1. The number of benzene rings is 3. The molecule has 1 saturated heterocycles. The molecule has 1 aliphatic rings. The molecule has 3 aromatic carbocycles. The summed E-state index contributed by atoms with van der Waals surface area (Å²) < 4.78 is 6.78. The molecule has 0 saturated carbocycles. The summed E-state index contributed by atoms with van der Waals surface area (Å²) in [6.45, 7) is 4.70. The summed E-state index contributed by atoms with van der Waals surface area (Å²) in [6, 6.07) is 22.3. The van der Waals surface area contributed by atoms with Crippen molar-refractivity contribution in [2.24, 2.45) is 0 Å². The van der Waals surface area contributed by atoms with Crippen LogP contribution in [-0.4, -0.2) is 68.7 Å². The highest BCUT2D eigenvalue weighted by Gasteiger charge is 2.18. The molecule has 1 fully saturated rings. The predicted molar refractivity (Wildman–Crippen MR) is 163 cm³/mol. The minimum Gasteiger partial charge on any atom is -0.465 e. The molecule has 0 aliphatic carbocycles. The minimum absolute atomic E-state index is 0.306. The average molecular weight is 559 g/mol. The molecular weight excluding hydrogens is 528 g/mol. The van der Waals surface area contributed by atoms with Gasteiger partial charge in [0.2, 0.25) is 0 Å². The Hall–Kier alpha value is -5.22. The second-order valence-electron chi connectivity index (χ2n) is 10.4. The Balaban J connectivity index is 1.01. The molecule has 0 amide bonds. The van der Waals surface area contributed by atoms with Crippen LogP contribution in [0.25, 0.3) is 27.8 Å². The van der Waals surface area contributed by atoms with Gasteiger partial charge in [-0.15, -0.1) is 0 Å². The number of esters is 1. The first-order valence-corrected chi connectivity index (χ1v) is 13.9. The molecule has 7 rings (SSSR count). The number of imidazole rings is 1. The number of piperazine rings is 1. The number of aromatic amines is 1. The van der Waals surface area contributed by atoms with Gasteiger partial charge in [-0.3, -0.25) is 10.00 Å². The van der Waals surface area contributed by atoms with Gasteiger partial charge in [-0.2, -0.15) is 5.10 Å². The predicted octanol–water partition coefficient (Wildman–Crippen LogP) is 5.13. The maximum absolute atomic E-state index is 11.7. The minimum atomic E-state index is -0.306. The lowest BCUT2D eigenvalue weighted by atomic mass is 10.1. The van der Waals surface area contributed by atoms with Gasteiger partial charge >= 0.3 is 5.97 Å². The topological polar surface area (TPSA) is 104 Å². The third-order valence-electron chi connectivity index (χ3n) is 7.76. The third kappa shape index (κ3) is 5.15. The SMILES string of the molecule is COC(=O)c1ccc(CN2CCN(c3ccc(Nc4nc(-c5ccc6cn[nH]c6c5)cn5ccnc45)cc3)CC2)cc1. The van der Waals surface area contributed by atoms with E-state index in [9.17, 15) is 4.79 Å². The van der Waals surface area contributed by atoms with Gasteiger partial charge in [0.15, 0.2) is 11.5 Å². The number of hydrogen-bond acceptors (Lipinski definition) is 8. The maximum atomic E-state index is 11.7. The normalized spacial score (nSPS) is 14.0. The fourth-order valence-corrected chi connectivity index (χ4v) is 5.43. The number of rotatable bonds is 7. The Labute approximate surface area is 242 Å². The van der Waals surface area contributed by atoms with Crippen molar-refractivity contribution in [3.63, 3.8) is 0 Å². The molecular formula is C32H30N8O2. The van der Waals surface area contributed by atoms with Crippen LogP contribution in [-0.2, 0) is 11.3 Å². The molecule has 1 aliphatic heterocycles. The lowest BCUT2D eigenvalue weighted by molar-refractivity contribution is 0.0600. The molecule has 0 bridgehead atoms. The number of hydrogen-bond donors (Lipinski definition) is 2. The third-order valence-corrected chi connectivity index (χ3v) is 7.76. The molecule has 42 heavy (non-hydrogen) atoms. The molecule has 210 valence electrons. The first kappa shape index (κ1) is 25.7. The number of nitrogens with one attached hydrogen (secondary N) is 2. The van der Waals surface area contributed by atoms with Crippen LogP contribution in [0.4, 0.5) is 17.2 Å². The largest absolute Gasteiger partial charge is 0.465 e. The zero-order chi connectivity index (χ0) is 28.5. The molecule has 3 aromatic heterocycles. The van der Waals surface area contributed by atoms with Gasteiger partial charge < -0.3 is 19.4 Å². The maximum Gasteiger partial charge on any atom is 0.337 e. The van der Waals surface area contributed by atoms with Crippen molar-refractivity contribution < 1.29 is 9.53 Å². The van der Waals surface area contributed by atoms with Gasteiger partial charge in [0.1, 0.15) is 0 Å². The van der Waals surface area contributed by atoms with Gasteiger partial charge in [0.05, 0.1) is 30.1 Å². The zero-order valence-corrected chi connectivity index (χ0v) is 23.2. The van der Waals surface area contributed by atoms with Crippen molar-refractivity contribution in [1.82, 2.24) is 29.5 Å². The van der Waals surface area contributed by atoms with Crippen molar-refractivity contribution in [3.05, 3.63) is 103 Å². The molecule has 10 nitrogen and oxygen atoms in total. The molecule has 4 heterocycles. The van der Waals surface area contributed by atoms with Crippen molar-refractivity contribution in [1.29, 1.82) is 0 Å². The number of methoxy groups -OCH3 is 1. The Bertz CT molecular complexity index is 1850. The monoisotopic (exact) mass is 558 g/mol. The highest BCUT2D eigenvalue weighted by atomic mass is 16.5. The van der Waals surface area contributed by atoms with E-state index in [4.69, 9.17) is 9.72 Å². The number of aromatic nitrogens is 5.